The predicted octanol–water partition coefficient (Wildman–Crippen LogP) is 6.51. The Morgan fingerprint density at radius 2 is 1.46 bits per heavy atom. The van der Waals surface area contributed by atoms with E-state index in [-0.39, 0.29) is 11.6 Å². The van der Waals surface area contributed by atoms with E-state index < -0.39 is 0 Å². The number of hydrogen-bond acceptors (Lipinski definition) is 2. The average Bonchev–Trinajstić information content (AvgIpc) is 2.60. The molecular formula is C22H45NO. The Morgan fingerprint density at radius 1 is 0.833 bits per heavy atom. The van der Waals surface area contributed by atoms with Crippen LogP contribution in [-0.2, 0) is 0 Å². The van der Waals surface area contributed by atoms with E-state index in [2.05, 4.69) is 32.9 Å². The van der Waals surface area contributed by atoms with Gasteiger partial charge in [-0.15, -0.1) is 0 Å². The summed E-state index contributed by atoms with van der Waals surface area (Å²) >= 11 is 0. The first-order valence-corrected chi connectivity index (χ1v) is 10.7. The molecule has 0 saturated heterocycles. The third-order valence-electron chi connectivity index (χ3n) is 5.42. The largest absolute Gasteiger partial charge is 0.393 e. The maximum absolute atomic E-state index is 9.89. The topological polar surface area (TPSA) is 46.2 Å². The Bertz CT molecular complexity index is 284. The Hall–Kier alpha value is -0.340. The highest BCUT2D eigenvalue weighted by Gasteiger charge is 2.18. The molecule has 24 heavy (non-hydrogen) atoms. The molecule has 0 rings (SSSR count). The Morgan fingerprint density at radius 3 is 2.12 bits per heavy atom. The van der Waals surface area contributed by atoms with Crippen LogP contribution in [0.25, 0.3) is 0 Å². The van der Waals surface area contributed by atoms with Gasteiger partial charge in [-0.05, 0) is 44.9 Å². The lowest BCUT2D eigenvalue weighted by molar-refractivity contribution is 0.163. The van der Waals surface area contributed by atoms with Crippen LogP contribution in [0.15, 0.2) is 12.2 Å². The number of aliphatic hydroxyl groups is 1. The van der Waals surface area contributed by atoms with Gasteiger partial charge in [0, 0.05) is 5.54 Å². The van der Waals surface area contributed by atoms with E-state index in [1.807, 2.05) is 0 Å². The summed E-state index contributed by atoms with van der Waals surface area (Å²) in [5.41, 5.74) is 6.42. The quantitative estimate of drug-likeness (QED) is 0.234. The smallest absolute Gasteiger partial charge is 0.0574 e. The van der Waals surface area contributed by atoms with Gasteiger partial charge >= 0.3 is 0 Å². The second kappa shape index (κ2) is 16.1. The van der Waals surface area contributed by atoms with Crippen LogP contribution in [0.4, 0.5) is 0 Å². The molecule has 0 unspecified atom stereocenters. The first-order valence-electron chi connectivity index (χ1n) is 10.7. The van der Waals surface area contributed by atoms with Crippen molar-refractivity contribution in [3.05, 3.63) is 12.2 Å². The number of rotatable bonds is 17. The third-order valence-corrected chi connectivity index (χ3v) is 5.42. The van der Waals surface area contributed by atoms with Crippen LogP contribution in [0, 0.1) is 0 Å². The van der Waals surface area contributed by atoms with Gasteiger partial charge < -0.3 is 10.8 Å². The van der Waals surface area contributed by atoms with Crippen LogP contribution in [0.5, 0.6) is 0 Å². The van der Waals surface area contributed by atoms with E-state index in [0.29, 0.717) is 0 Å². The average molecular weight is 340 g/mol. The fraction of sp³-hybridized carbons (Fsp3) is 0.909. The summed E-state index contributed by atoms with van der Waals surface area (Å²) in [6.07, 6.45) is 22.1. The minimum atomic E-state index is -0.133. The minimum absolute atomic E-state index is 0.0834. The van der Waals surface area contributed by atoms with Crippen molar-refractivity contribution in [1.29, 1.82) is 0 Å². The van der Waals surface area contributed by atoms with Crippen LogP contribution in [0.2, 0.25) is 0 Å². The molecule has 0 aliphatic rings. The predicted molar refractivity (Wildman–Crippen MR) is 108 cm³/mol. The van der Waals surface area contributed by atoms with Gasteiger partial charge in [0.1, 0.15) is 0 Å². The molecule has 0 amide bonds. The molecule has 0 saturated carbocycles. The molecule has 0 fully saturated rings. The molecule has 0 radical (unpaired) electrons. The zero-order chi connectivity index (χ0) is 18.1. The van der Waals surface area contributed by atoms with Crippen molar-refractivity contribution in [2.45, 2.75) is 129 Å². The lowest BCUT2D eigenvalue weighted by Crippen LogP contribution is -2.38. The maximum atomic E-state index is 9.89. The van der Waals surface area contributed by atoms with E-state index >= 15 is 0 Å². The highest BCUT2D eigenvalue weighted by molar-refractivity contribution is 4.84. The van der Waals surface area contributed by atoms with E-state index in [0.717, 1.165) is 32.1 Å². The highest BCUT2D eigenvalue weighted by atomic mass is 16.3. The molecular weight excluding hydrogens is 294 g/mol. The van der Waals surface area contributed by atoms with Gasteiger partial charge in [-0.2, -0.15) is 0 Å². The summed E-state index contributed by atoms with van der Waals surface area (Å²) in [5, 5.41) is 9.89. The lowest BCUT2D eigenvalue weighted by Gasteiger charge is -2.26. The fourth-order valence-electron chi connectivity index (χ4n) is 3.17. The monoisotopic (exact) mass is 339 g/mol. The number of hydrogen-bond donors (Lipinski definition) is 2. The molecule has 0 aromatic heterocycles. The number of allylic oxidation sites excluding steroid dienone is 1. The van der Waals surface area contributed by atoms with Crippen LogP contribution in [-0.4, -0.2) is 16.7 Å². The SMILES string of the molecule is CCCCCC[C@@H](O)CC=CCCCCCCCC(N)(CC)CC. The van der Waals surface area contributed by atoms with Gasteiger partial charge in [-0.1, -0.05) is 84.3 Å². The number of nitrogens with two attached hydrogens (primary N) is 1. The maximum Gasteiger partial charge on any atom is 0.0574 e. The highest BCUT2D eigenvalue weighted by Crippen LogP contribution is 2.20. The van der Waals surface area contributed by atoms with Crippen molar-refractivity contribution in [3.63, 3.8) is 0 Å². The molecule has 2 nitrogen and oxygen atoms in total. The van der Waals surface area contributed by atoms with Gasteiger partial charge in [-0.25, -0.2) is 0 Å². The third kappa shape index (κ3) is 14.0. The first-order chi connectivity index (χ1) is 11.6. The van der Waals surface area contributed by atoms with Crippen molar-refractivity contribution in [3.8, 4) is 0 Å². The van der Waals surface area contributed by atoms with Crippen LogP contribution in [0.3, 0.4) is 0 Å². The number of unbranched alkanes of at least 4 members (excludes halogenated alkanes) is 8. The van der Waals surface area contributed by atoms with Gasteiger partial charge in [0.25, 0.3) is 0 Å². The molecule has 1 atom stereocenters. The molecule has 144 valence electrons. The molecule has 0 aromatic rings. The molecule has 0 bridgehead atoms. The lowest BCUT2D eigenvalue weighted by atomic mass is 9.88. The normalized spacial score (nSPS) is 13.7. The molecule has 0 aromatic carbocycles. The second-order valence-electron chi connectivity index (χ2n) is 7.59. The first kappa shape index (κ1) is 23.7. The molecule has 3 N–H and O–H groups in total. The summed E-state index contributed by atoms with van der Waals surface area (Å²) in [6.45, 7) is 6.64. The van der Waals surface area contributed by atoms with Crippen molar-refractivity contribution < 1.29 is 5.11 Å². The van der Waals surface area contributed by atoms with Crippen LogP contribution >= 0.6 is 0 Å². The summed E-state index contributed by atoms with van der Waals surface area (Å²) in [4.78, 5) is 0. The summed E-state index contributed by atoms with van der Waals surface area (Å²) in [5.74, 6) is 0. The van der Waals surface area contributed by atoms with Gasteiger partial charge in [-0.3, -0.25) is 0 Å². The van der Waals surface area contributed by atoms with E-state index in [1.165, 1.54) is 64.2 Å². The van der Waals surface area contributed by atoms with Crippen molar-refractivity contribution in [2.75, 3.05) is 0 Å². The van der Waals surface area contributed by atoms with Gasteiger partial charge in [0.2, 0.25) is 0 Å². The molecule has 0 heterocycles. The number of aliphatic hydroxyl groups excluding tert-OH is 1. The Kier molecular flexibility index (Phi) is 15.9. The van der Waals surface area contributed by atoms with E-state index in [1.54, 1.807) is 0 Å². The van der Waals surface area contributed by atoms with Crippen molar-refractivity contribution in [1.82, 2.24) is 0 Å². The van der Waals surface area contributed by atoms with Gasteiger partial charge in [0.15, 0.2) is 0 Å². The Balaban J connectivity index is 3.40. The second-order valence-corrected chi connectivity index (χ2v) is 7.59. The standard InChI is InChI=1S/C22H45NO/c1-4-7-8-15-18-21(24)19-16-13-11-9-10-12-14-17-20-22(23,5-2)6-3/h13,16,21,24H,4-12,14-15,17-20,23H2,1-3H3/t21-/m1/s1. The van der Waals surface area contributed by atoms with E-state index in [9.17, 15) is 5.11 Å². The zero-order valence-electron chi connectivity index (χ0n) is 16.9. The van der Waals surface area contributed by atoms with Gasteiger partial charge in [0.05, 0.1) is 6.10 Å². The summed E-state index contributed by atoms with van der Waals surface area (Å²) in [7, 11) is 0. The minimum Gasteiger partial charge on any atom is -0.393 e. The molecule has 0 aliphatic carbocycles. The van der Waals surface area contributed by atoms with E-state index in [4.69, 9.17) is 5.73 Å². The summed E-state index contributed by atoms with van der Waals surface area (Å²) in [6, 6.07) is 0. The van der Waals surface area contributed by atoms with Crippen LogP contribution < -0.4 is 5.73 Å². The van der Waals surface area contributed by atoms with Crippen molar-refractivity contribution >= 4 is 0 Å². The summed E-state index contributed by atoms with van der Waals surface area (Å²) < 4.78 is 0. The Labute approximate surface area is 152 Å². The fourth-order valence-corrected chi connectivity index (χ4v) is 3.17. The zero-order valence-corrected chi connectivity index (χ0v) is 16.9. The molecule has 0 aliphatic heterocycles. The van der Waals surface area contributed by atoms with Crippen LogP contribution in [0.1, 0.15) is 117 Å². The molecule has 0 spiro atoms. The molecule has 2 heteroatoms. The van der Waals surface area contributed by atoms with Crippen molar-refractivity contribution in [2.24, 2.45) is 5.73 Å².